The average Bonchev–Trinajstić information content (AvgIpc) is 2.38. The maximum Gasteiger partial charge on any atom is 0.166 e. The molecule has 100 valence electrons. The lowest BCUT2D eigenvalue weighted by atomic mass is 9.90. The maximum atomic E-state index is 13.9. The summed E-state index contributed by atoms with van der Waals surface area (Å²) in [6, 6.07) is 2.47. The zero-order valence-corrected chi connectivity index (χ0v) is 12.4. The molecule has 18 heavy (non-hydrogen) atoms. The minimum Gasteiger partial charge on any atom is -0.354 e. The molecule has 0 aromatic carbocycles. The van der Waals surface area contributed by atoms with Crippen molar-refractivity contribution in [2.24, 2.45) is 0 Å². The molecule has 1 heterocycles. The van der Waals surface area contributed by atoms with Gasteiger partial charge in [-0.15, -0.1) is 0 Å². The van der Waals surface area contributed by atoms with E-state index < -0.39 is 0 Å². The van der Waals surface area contributed by atoms with E-state index in [0.29, 0.717) is 22.4 Å². The van der Waals surface area contributed by atoms with Crippen LogP contribution in [0.1, 0.15) is 25.7 Å². The standard InChI is InChI=1S/C13H19BrFN3/c1-16-10-3-5-11(6-4-10)18(2)13-12(15)7-9(14)8-17-13/h7-8,10-11,16H,3-6H2,1-2H3. The smallest absolute Gasteiger partial charge is 0.166 e. The van der Waals surface area contributed by atoms with Crippen LogP contribution in [0.25, 0.3) is 0 Å². The van der Waals surface area contributed by atoms with E-state index in [0.717, 1.165) is 25.7 Å². The molecule has 1 aliphatic carbocycles. The Morgan fingerprint density at radius 3 is 2.61 bits per heavy atom. The zero-order chi connectivity index (χ0) is 13.1. The predicted octanol–water partition coefficient (Wildman–Crippen LogP) is 2.95. The molecule has 1 aromatic heterocycles. The van der Waals surface area contributed by atoms with Crippen LogP contribution in [-0.2, 0) is 0 Å². The fraction of sp³-hybridized carbons (Fsp3) is 0.615. The largest absolute Gasteiger partial charge is 0.354 e. The lowest BCUT2D eigenvalue weighted by Gasteiger charge is -2.35. The van der Waals surface area contributed by atoms with Crippen molar-refractivity contribution in [3.8, 4) is 0 Å². The van der Waals surface area contributed by atoms with Crippen LogP contribution in [-0.4, -0.2) is 31.2 Å². The number of aromatic nitrogens is 1. The second kappa shape index (κ2) is 5.97. The molecule has 0 bridgehead atoms. The van der Waals surface area contributed by atoms with Gasteiger partial charge in [0.05, 0.1) is 0 Å². The molecule has 0 unspecified atom stereocenters. The summed E-state index contributed by atoms with van der Waals surface area (Å²) in [5, 5.41) is 3.31. The minimum atomic E-state index is -0.261. The quantitative estimate of drug-likeness (QED) is 0.929. The van der Waals surface area contributed by atoms with Gasteiger partial charge < -0.3 is 10.2 Å². The highest BCUT2D eigenvalue weighted by molar-refractivity contribution is 9.10. The van der Waals surface area contributed by atoms with Crippen molar-refractivity contribution in [1.82, 2.24) is 10.3 Å². The molecule has 1 aromatic rings. The molecule has 0 amide bonds. The van der Waals surface area contributed by atoms with Gasteiger partial charge in [0.1, 0.15) is 0 Å². The first-order chi connectivity index (χ1) is 8.61. The highest BCUT2D eigenvalue weighted by Gasteiger charge is 2.25. The molecule has 0 aliphatic heterocycles. The lowest BCUT2D eigenvalue weighted by Crippen LogP contribution is -2.40. The molecule has 1 N–H and O–H groups in total. The molecule has 1 fully saturated rings. The number of nitrogens with one attached hydrogen (secondary N) is 1. The Bertz CT molecular complexity index is 405. The Labute approximate surface area is 116 Å². The molecule has 2 rings (SSSR count). The zero-order valence-electron chi connectivity index (χ0n) is 10.8. The van der Waals surface area contributed by atoms with Gasteiger partial charge in [-0.05, 0) is 54.7 Å². The summed E-state index contributed by atoms with van der Waals surface area (Å²) >= 11 is 3.23. The van der Waals surface area contributed by atoms with E-state index in [9.17, 15) is 4.39 Å². The van der Waals surface area contributed by atoms with Crippen LogP contribution in [0.15, 0.2) is 16.7 Å². The van der Waals surface area contributed by atoms with E-state index in [1.165, 1.54) is 6.07 Å². The summed E-state index contributed by atoms with van der Waals surface area (Å²) in [6.07, 6.45) is 6.10. The van der Waals surface area contributed by atoms with Gasteiger partial charge in [0, 0.05) is 29.8 Å². The van der Waals surface area contributed by atoms with Crippen molar-refractivity contribution in [2.75, 3.05) is 19.0 Å². The number of pyridine rings is 1. The Balaban J connectivity index is 2.05. The first-order valence-corrected chi connectivity index (χ1v) is 7.12. The van der Waals surface area contributed by atoms with E-state index in [-0.39, 0.29) is 5.82 Å². The van der Waals surface area contributed by atoms with Crippen LogP contribution in [0.5, 0.6) is 0 Å². The normalized spacial score (nSPS) is 24.0. The first kappa shape index (κ1) is 13.7. The summed E-state index contributed by atoms with van der Waals surface area (Å²) < 4.78 is 14.5. The van der Waals surface area contributed by atoms with Crippen LogP contribution >= 0.6 is 15.9 Å². The topological polar surface area (TPSA) is 28.2 Å². The molecule has 1 saturated carbocycles. The number of halogens is 2. The van der Waals surface area contributed by atoms with Gasteiger partial charge in [-0.2, -0.15) is 0 Å². The SMILES string of the molecule is CNC1CCC(N(C)c2ncc(Br)cc2F)CC1. The summed E-state index contributed by atoms with van der Waals surface area (Å²) in [5.74, 6) is 0.189. The molecule has 0 saturated heterocycles. The van der Waals surface area contributed by atoms with Crippen molar-refractivity contribution in [2.45, 2.75) is 37.8 Å². The van der Waals surface area contributed by atoms with Gasteiger partial charge in [-0.1, -0.05) is 0 Å². The van der Waals surface area contributed by atoms with Crippen molar-refractivity contribution >= 4 is 21.7 Å². The highest BCUT2D eigenvalue weighted by atomic mass is 79.9. The minimum absolute atomic E-state index is 0.261. The van der Waals surface area contributed by atoms with Gasteiger partial charge in [-0.3, -0.25) is 0 Å². The van der Waals surface area contributed by atoms with Gasteiger partial charge in [0.25, 0.3) is 0 Å². The fourth-order valence-electron chi connectivity index (χ4n) is 2.59. The Morgan fingerprint density at radius 2 is 2.06 bits per heavy atom. The third-order valence-corrected chi connectivity index (χ3v) is 4.21. The fourth-order valence-corrected chi connectivity index (χ4v) is 2.89. The van der Waals surface area contributed by atoms with Crippen LogP contribution in [0.3, 0.4) is 0 Å². The van der Waals surface area contributed by atoms with Gasteiger partial charge >= 0.3 is 0 Å². The maximum absolute atomic E-state index is 13.9. The van der Waals surface area contributed by atoms with Gasteiger partial charge in [-0.25, -0.2) is 9.37 Å². The van der Waals surface area contributed by atoms with Crippen LogP contribution < -0.4 is 10.2 Å². The number of hydrogen-bond donors (Lipinski definition) is 1. The Kier molecular flexibility index (Phi) is 4.56. The lowest BCUT2D eigenvalue weighted by molar-refractivity contribution is 0.349. The van der Waals surface area contributed by atoms with Crippen molar-refractivity contribution < 1.29 is 4.39 Å². The summed E-state index contributed by atoms with van der Waals surface area (Å²) in [6.45, 7) is 0. The molecule has 1 aliphatic rings. The molecule has 5 heteroatoms. The summed E-state index contributed by atoms with van der Waals surface area (Å²) in [4.78, 5) is 6.16. The monoisotopic (exact) mass is 315 g/mol. The van der Waals surface area contributed by atoms with E-state index in [2.05, 4.69) is 26.2 Å². The predicted molar refractivity (Wildman–Crippen MR) is 75.4 cm³/mol. The number of anilines is 1. The molecule has 0 atom stereocenters. The van der Waals surface area contributed by atoms with Gasteiger partial charge in [0.2, 0.25) is 0 Å². The van der Waals surface area contributed by atoms with Crippen LogP contribution in [0.4, 0.5) is 10.2 Å². The molecule has 3 nitrogen and oxygen atoms in total. The van der Waals surface area contributed by atoms with E-state index >= 15 is 0 Å². The molecular weight excluding hydrogens is 297 g/mol. The first-order valence-electron chi connectivity index (χ1n) is 6.33. The van der Waals surface area contributed by atoms with E-state index in [1.807, 2.05) is 19.0 Å². The van der Waals surface area contributed by atoms with Gasteiger partial charge in [0.15, 0.2) is 11.6 Å². The Hall–Kier alpha value is -0.680. The number of hydrogen-bond acceptors (Lipinski definition) is 3. The highest BCUT2D eigenvalue weighted by Crippen LogP contribution is 2.27. The number of nitrogens with zero attached hydrogens (tertiary/aromatic N) is 2. The van der Waals surface area contributed by atoms with Crippen LogP contribution in [0.2, 0.25) is 0 Å². The summed E-state index contributed by atoms with van der Waals surface area (Å²) in [7, 11) is 3.94. The second-order valence-corrected chi connectivity index (χ2v) is 5.78. The average molecular weight is 316 g/mol. The van der Waals surface area contributed by atoms with Crippen LogP contribution in [0, 0.1) is 5.82 Å². The molecule has 0 radical (unpaired) electrons. The van der Waals surface area contributed by atoms with Crippen molar-refractivity contribution in [3.05, 3.63) is 22.6 Å². The number of rotatable bonds is 3. The third-order valence-electron chi connectivity index (χ3n) is 3.78. The summed E-state index contributed by atoms with van der Waals surface area (Å²) in [5.41, 5.74) is 0. The molecular formula is C13H19BrFN3. The van der Waals surface area contributed by atoms with E-state index in [4.69, 9.17) is 0 Å². The molecule has 0 spiro atoms. The third kappa shape index (κ3) is 3.01. The Morgan fingerprint density at radius 1 is 1.39 bits per heavy atom. The van der Waals surface area contributed by atoms with Crippen molar-refractivity contribution in [1.29, 1.82) is 0 Å². The second-order valence-electron chi connectivity index (χ2n) is 4.86. The van der Waals surface area contributed by atoms with Crippen molar-refractivity contribution in [3.63, 3.8) is 0 Å². The van der Waals surface area contributed by atoms with E-state index in [1.54, 1.807) is 6.20 Å².